The van der Waals surface area contributed by atoms with Crippen molar-refractivity contribution in [3.8, 4) is 11.8 Å². The van der Waals surface area contributed by atoms with Gasteiger partial charge in [-0.2, -0.15) is 0 Å². The first-order valence-corrected chi connectivity index (χ1v) is 8.34. The van der Waals surface area contributed by atoms with Crippen LogP contribution >= 0.6 is 22.6 Å². The molecule has 1 N–H and O–H groups in total. The summed E-state index contributed by atoms with van der Waals surface area (Å²) in [5.41, 5.74) is 0.361. The molecule has 0 spiro atoms. The maximum Gasteiger partial charge on any atom is 0.297 e. The van der Waals surface area contributed by atoms with Crippen LogP contribution < -0.4 is 5.32 Å². The van der Waals surface area contributed by atoms with Crippen LogP contribution in [0.4, 0.5) is 8.78 Å². The Labute approximate surface area is 156 Å². The monoisotopic (exact) mass is 452 g/mol. The Morgan fingerprint density at radius 3 is 2.56 bits per heavy atom. The van der Waals surface area contributed by atoms with E-state index in [1.807, 2.05) is 12.1 Å². The van der Waals surface area contributed by atoms with Crippen LogP contribution in [0.1, 0.15) is 11.1 Å². The number of ether oxygens (including phenoxy) is 1. The zero-order valence-corrected chi connectivity index (χ0v) is 14.9. The molecule has 1 amide bonds. The first kappa shape index (κ1) is 17.4. The number of halogens is 3. The Kier molecular flexibility index (Phi) is 5.28. The van der Waals surface area contributed by atoms with Crippen molar-refractivity contribution in [1.82, 2.24) is 5.32 Å². The third-order valence-corrected chi connectivity index (χ3v) is 4.01. The van der Waals surface area contributed by atoms with Gasteiger partial charge < -0.3 is 10.1 Å². The molecule has 0 fully saturated rings. The highest BCUT2D eigenvalue weighted by molar-refractivity contribution is 14.1. The number of rotatable bonds is 2. The fourth-order valence-electron chi connectivity index (χ4n) is 2.14. The number of carbonyl (C=O) groups is 1. The van der Waals surface area contributed by atoms with E-state index in [1.165, 1.54) is 6.07 Å². The summed E-state index contributed by atoms with van der Waals surface area (Å²) >= 11 is 2.17. The fourth-order valence-corrected chi connectivity index (χ4v) is 2.50. The number of nitrogens with zero attached hydrogens (tertiary/aromatic N) is 1. The molecule has 0 saturated heterocycles. The minimum Gasteiger partial charge on any atom is -0.473 e. The molecule has 1 unspecified atom stereocenters. The van der Waals surface area contributed by atoms with Crippen LogP contribution in [0.3, 0.4) is 0 Å². The predicted octanol–water partition coefficient (Wildman–Crippen LogP) is 2.84. The lowest BCUT2D eigenvalue weighted by molar-refractivity contribution is -0.116. The smallest absolute Gasteiger partial charge is 0.297 e. The summed E-state index contributed by atoms with van der Waals surface area (Å²) in [4.78, 5) is 15.9. The minimum absolute atomic E-state index is 0.0138. The van der Waals surface area contributed by atoms with Crippen LogP contribution in [-0.4, -0.2) is 24.6 Å². The molecular formula is C18H11F2IN2O2. The van der Waals surface area contributed by atoms with Crippen molar-refractivity contribution in [3.63, 3.8) is 0 Å². The average Bonchev–Trinajstić information content (AvgIpc) is 3.02. The number of aliphatic imine (C=N–C) groups is 1. The molecule has 1 aliphatic heterocycles. The molecule has 2 aromatic rings. The number of nitrogens with one attached hydrogen (secondary N) is 1. The highest BCUT2D eigenvalue weighted by Gasteiger charge is 2.25. The molecule has 0 aliphatic carbocycles. The maximum atomic E-state index is 13.7. The van der Waals surface area contributed by atoms with Crippen molar-refractivity contribution in [2.45, 2.75) is 6.17 Å². The number of hydrogen-bond donors (Lipinski definition) is 1. The predicted molar refractivity (Wildman–Crippen MR) is 96.8 cm³/mol. The van der Waals surface area contributed by atoms with Crippen LogP contribution in [0.2, 0.25) is 0 Å². The van der Waals surface area contributed by atoms with Gasteiger partial charge in [0.25, 0.3) is 5.91 Å². The first-order chi connectivity index (χ1) is 12.0. The largest absolute Gasteiger partial charge is 0.473 e. The Balaban J connectivity index is 1.67. The van der Waals surface area contributed by atoms with Crippen molar-refractivity contribution >= 4 is 34.4 Å². The van der Waals surface area contributed by atoms with Crippen molar-refractivity contribution < 1.29 is 18.3 Å². The Bertz CT molecular complexity index is 881. The van der Waals surface area contributed by atoms with E-state index >= 15 is 0 Å². The average molecular weight is 452 g/mol. The normalized spacial score (nSPS) is 15.6. The molecule has 0 aromatic heterocycles. The van der Waals surface area contributed by atoms with Gasteiger partial charge in [0.2, 0.25) is 5.90 Å². The molecule has 25 heavy (non-hydrogen) atoms. The van der Waals surface area contributed by atoms with Gasteiger partial charge >= 0.3 is 0 Å². The summed E-state index contributed by atoms with van der Waals surface area (Å²) in [6.45, 7) is -0.0138. The van der Waals surface area contributed by atoms with Gasteiger partial charge in [-0.25, -0.2) is 13.8 Å². The molecule has 7 heteroatoms. The molecule has 0 radical (unpaired) electrons. The number of carbonyl (C=O) groups excluding carboxylic acids is 1. The molecule has 1 heterocycles. The summed E-state index contributed by atoms with van der Waals surface area (Å²) in [6, 6.07) is 10.9. The van der Waals surface area contributed by atoms with Gasteiger partial charge in [0.1, 0.15) is 23.8 Å². The van der Waals surface area contributed by atoms with Crippen LogP contribution in [-0.2, 0) is 9.53 Å². The minimum atomic E-state index is -0.774. The third kappa shape index (κ3) is 4.33. The Hall–Kier alpha value is -2.47. The third-order valence-electron chi connectivity index (χ3n) is 3.29. The highest BCUT2D eigenvalue weighted by Crippen LogP contribution is 2.17. The molecule has 4 nitrogen and oxygen atoms in total. The number of hydrogen-bond acceptors (Lipinski definition) is 3. The summed E-state index contributed by atoms with van der Waals surface area (Å²) in [6.07, 6.45) is -0.743. The van der Waals surface area contributed by atoms with Crippen LogP contribution in [0.25, 0.3) is 0 Å². The quantitative estimate of drug-likeness (QED) is 0.563. The molecule has 1 atom stereocenters. The zero-order chi connectivity index (χ0) is 17.8. The SMILES string of the molecule is O=C(C#Cc1ccc(I)cc1)NC1COC(c2c(F)cccc2F)=N1. The molecule has 1 aliphatic rings. The van der Waals surface area contributed by atoms with Crippen LogP contribution in [0.5, 0.6) is 0 Å². The van der Waals surface area contributed by atoms with Gasteiger partial charge in [0, 0.05) is 15.1 Å². The van der Waals surface area contributed by atoms with Gasteiger partial charge in [0.15, 0.2) is 6.17 Å². The lowest BCUT2D eigenvalue weighted by Crippen LogP contribution is -2.33. The molecular weight excluding hydrogens is 441 g/mol. The van der Waals surface area contributed by atoms with E-state index < -0.39 is 23.7 Å². The summed E-state index contributed by atoms with van der Waals surface area (Å²) in [7, 11) is 0. The summed E-state index contributed by atoms with van der Waals surface area (Å²) in [5, 5.41) is 2.53. The van der Waals surface area contributed by atoms with Crippen molar-refractivity contribution in [1.29, 1.82) is 0 Å². The molecule has 0 saturated carbocycles. The molecule has 3 rings (SSSR count). The van der Waals surface area contributed by atoms with Gasteiger partial charge in [-0.15, -0.1) is 0 Å². The van der Waals surface area contributed by atoms with E-state index in [1.54, 1.807) is 12.1 Å². The van der Waals surface area contributed by atoms with E-state index in [2.05, 4.69) is 44.7 Å². The van der Waals surface area contributed by atoms with Crippen molar-refractivity contribution in [3.05, 3.63) is 68.8 Å². The van der Waals surface area contributed by atoms with E-state index in [9.17, 15) is 13.6 Å². The van der Waals surface area contributed by atoms with Gasteiger partial charge in [-0.05, 0) is 59.0 Å². The van der Waals surface area contributed by atoms with Gasteiger partial charge in [-0.3, -0.25) is 4.79 Å². The zero-order valence-electron chi connectivity index (χ0n) is 12.7. The van der Waals surface area contributed by atoms with Gasteiger partial charge in [0.05, 0.1) is 0 Å². The lowest BCUT2D eigenvalue weighted by Gasteiger charge is -2.03. The molecule has 2 aromatic carbocycles. The number of benzene rings is 2. The van der Waals surface area contributed by atoms with E-state index in [0.29, 0.717) is 5.56 Å². The van der Waals surface area contributed by atoms with Crippen molar-refractivity contribution in [2.75, 3.05) is 6.61 Å². The topological polar surface area (TPSA) is 50.7 Å². The fraction of sp³-hybridized carbons (Fsp3) is 0.111. The number of amides is 1. The van der Waals surface area contributed by atoms with Crippen molar-refractivity contribution in [2.24, 2.45) is 4.99 Å². The second-order valence-corrected chi connectivity index (χ2v) is 6.33. The maximum absolute atomic E-state index is 13.7. The summed E-state index contributed by atoms with van der Waals surface area (Å²) in [5.74, 6) is 2.91. The highest BCUT2D eigenvalue weighted by atomic mass is 127. The second kappa shape index (κ2) is 7.61. The van der Waals surface area contributed by atoms with Gasteiger partial charge in [-0.1, -0.05) is 12.0 Å². The van der Waals surface area contributed by atoms with Crippen LogP contribution in [0, 0.1) is 27.0 Å². The van der Waals surface area contributed by atoms with Crippen LogP contribution in [0.15, 0.2) is 47.5 Å². The molecule has 126 valence electrons. The van der Waals surface area contributed by atoms with E-state index in [4.69, 9.17) is 4.74 Å². The lowest BCUT2D eigenvalue weighted by atomic mass is 10.2. The standard InChI is InChI=1S/C18H11F2IN2O2/c19-13-2-1-3-14(20)17(13)18-23-15(10-25-18)22-16(24)9-6-11-4-7-12(21)8-5-11/h1-5,7-8,15H,10H2,(H,22,24). The van der Waals surface area contributed by atoms with E-state index in [-0.39, 0.29) is 18.1 Å². The Morgan fingerprint density at radius 1 is 1.20 bits per heavy atom. The molecule has 0 bridgehead atoms. The summed E-state index contributed by atoms with van der Waals surface area (Å²) < 4.78 is 33.7. The first-order valence-electron chi connectivity index (χ1n) is 7.26. The Morgan fingerprint density at radius 2 is 1.88 bits per heavy atom. The second-order valence-electron chi connectivity index (χ2n) is 5.09. The van der Waals surface area contributed by atoms with E-state index in [0.717, 1.165) is 15.7 Å².